The van der Waals surface area contributed by atoms with Crippen LogP contribution in [-0.2, 0) is 11.2 Å². The number of fused-ring (bicyclic) bond motifs is 1. The van der Waals surface area contributed by atoms with Gasteiger partial charge in [-0.15, -0.1) is 0 Å². The fourth-order valence-corrected chi connectivity index (χ4v) is 3.58. The molecule has 2 aromatic carbocycles. The minimum absolute atomic E-state index is 0.0580. The number of carbonyl (C=O) groups excluding carboxylic acids is 1. The van der Waals surface area contributed by atoms with E-state index < -0.39 is 6.10 Å². The highest BCUT2D eigenvalue weighted by Gasteiger charge is 2.19. The first-order valence-electron chi connectivity index (χ1n) is 10.1. The Balaban J connectivity index is 1.44. The normalized spacial score (nSPS) is 14.1. The minimum atomic E-state index is -0.482. The van der Waals surface area contributed by atoms with Crippen molar-refractivity contribution in [2.24, 2.45) is 0 Å². The predicted octanol–water partition coefficient (Wildman–Crippen LogP) is 3.81. The molecule has 0 aromatic heterocycles. The molecule has 5 heteroatoms. The maximum Gasteiger partial charge on any atom is 0.261 e. The third kappa shape index (κ3) is 5.18. The van der Waals surface area contributed by atoms with Gasteiger partial charge in [0.1, 0.15) is 11.5 Å². The standard InChI is InChI=1S/C23H30N2O3/c1-3-22(28-20-13-11-19(27-2)12-14-20)23(26)24-15-7-17-25-16-6-9-18-8-4-5-10-21(18)25/h4-5,8,10-14,22H,3,6-7,9,15-17H2,1-2H3,(H,24,26). The lowest BCUT2D eigenvalue weighted by atomic mass is 10.0. The van der Waals surface area contributed by atoms with Crippen molar-refractivity contribution in [3.63, 3.8) is 0 Å². The molecule has 5 nitrogen and oxygen atoms in total. The molecule has 1 heterocycles. The molecule has 1 aliphatic rings. The minimum Gasteiger partial charge on any atom is -0.497 e. The number of carbonyl (C=O) groups is 1. The van der Waals surface area contributed by atoms with Gasteiger partial charge in [-0.05, 0) is 61.6 Å². The quantitative estimate of drug-likeness (QED) is 0.670. The Morgan fingerprint density at radius 2 is 1.89 bits per heavy atom. The predicted molar refractivity (Wildman–Crippen MR) is 112 cm³/mol. The second-order valence-corrected chi connectivity index (χ2v) is 7.05. The Labute approximate surface area is 167 Å². The molecule has 1 unspecified atom stereocenters. The van der Waals surface area contributed by atoms with Crippen molar-refractivity contribution >= 4 is 11.6 Å². The first kappa shape index (κ1) is 20.1. The molecule has 0 radical (unpaired) electrons. The maximum atomic E-state index is 12.5. The van der Waals surface area contributed by atoms with Crippen LogP contribution in [0.1, 0.15) is 31.7 Å². The fraction of sp³-hybridized carbons (Fsp3) is 0.435. The maximum absolute atomic E-state index is 12.5. The number of para-hydroxylation sites is 1. The number of rotatable bonds is 9. The number of anilines is 1. The lowest BCUT2D eigenvalue weighted by Crippen LogP contribution is -2.39. The number of amides is 1. The van der Waals surface area contributed by atoms with Crippen LogP contribution in [0.4, 0.5) is 5.69 Å². The molecule has 0 aliphatic carbocycles. The van der Waals surface area contributed by atoms with E-state index in [-0.39, 0.29) is 5.91 Å². The molecule has 0 fully saturated rings. The Bertz CT molecular complexity index is 761. The summed E-state index contributed by atoms with van der Waals surface area (Å²) >= 11 is 0. The fourth-order valence-electron chi connectivity index (χ4n) is 3.58. The van der Waals surface area contributed by atoms with Crippen molar-refractivity contribution in [2.45, 2.75) is 38.7 Å². The summed E-state index contributed by atoms with van der Waals surface area (Å²) in [5, 5.41) is 3.02. The zero-order valence-electron chi connectivity index (χ0n) is 16.8. The second-order valence-electron chi connectivity index (χ2n) is 7.05. The Morgan fingerprint density at radius 1 is 1.14 bits per heavy atom. The summed E-state index contributed by atoms with van der Waals surface area (Å²) < 4.78 is 11.0. The summed E-state index contributed by atoms with van der Waals surface area (Å²) in [7, 11) is 1.63. The average molecular weight is 383 g/mol. The Morgan fingerprint density at radius 3 is 2.64 bits per heavy atom. The van der Waals surface area contributed by atoms with Gasteiger partial charge in [0.15, 0.2) is 6.10 Å². The van der Waals surface area contributed by atoms with E-state index in [2.05, 4.69) is 34.5 Å². The molecule has 1 aliphatic heterocycles. The Hall–Kier alpha value is -2.69. The monoisotopic (exact) mass is 382 g/mol. The first-order chi connectivity index (χ1) is 13.7. The van der Waals surface area contributed by atoms with Gasteiger partial charge in [0.05, 0.1) is 7.11 Å². The number of aryl methyl sites for hydroxylation is 1. The third-order valence-electron chi connectivity index (χ3n) is 5.11. The molecule has 1 atom stereocenters. The van der Waals surface area contributed by atoms with E-state index in [4.69, 9.17) is 9.47 Å². The van der Waals surface area contributed by atoms with Crippen molar-refractivity contribution in [1.82, 2.24) is 5.32 Å². The van der Waals surface area contributed by atoms with Crippen molar-refractivity contribution in [3.8, 4) is 11.5 Å². The van der Waals surface area contributed by atoms with E-state index >= 15 is 0 Å². The molecule has 2 aromatic rings. The van der Waals surface area contributed by atoms with E-state index in [1.165, 1.54) is 17.7 Å². The van der Waals surface area contributed by atoms with Gasteiger partial charge in [0.2, 0.25) is 0 Å². The number of nitrogens with zero attached hydrogens (tertiary/aromatic N) is 1. The highest BCUT2D eigenvalue weighted by Crippen LogP contribution is 2.26. The molecule has 0 spiro atoms. The molecule has 0 bridgehead atoms. The van der Waals surface area contributed by atoms with E-state index in [1.807, 2.05) is 31.2 Å². The highest BCUT2D eigenvalue weighted by atomic mass is 16.5. The van der Waals surface area contributed by atoms with Crippen molar-refractivity contribution < 1.29 is 14.3 Å². The van der Waals surface area contributed by atoms with Crippen LogP contribution in [-0.4, -0.2) is 38.8 Å². The number of hydrogen-bond acceptors (Lipinski definition) is 4. The number of methoxy groups -OCH3 is 1. The van der Waals surface area contributed by atoms with E-state index in [0.29, 0.717) is 18.7 Å². The summed E-state index contributed by atoms with van der Waals surface area (Å²) in [4.78, 5) is 14.9. The molecular weight excluding hydrogens is 352 g/mol. The van der Waals surface area contributed by atoms with Crippen molar-refractivity contribution in [3.05, 3.63) is 54.1 Å². The molecular formula is C23H30N2O3. The van der Waals surface area contributed by atoms with E-state index in [0.717, 1.165) is 31.7 Å². The Kier molecular flexibility index (Phi) is 7.18. The molecule has 3 rings (SSSR count). The summed E-state index contributed by atoms with van der Waals surface area (Å²) in [5.74, 6) is 1.38. The summed E-state index contributed by atoms with van der Waals surface area (Å²) in [6.45, 7) is 4.65. The number of benzene rings is 2. The average Bonchev–Trinajstić information content (AvgIpc) is 2.75. The van der Waals surface area contributed by atoms with E-state index in [1.54, 1.807) is 7.11 Å². The van der Waals surface area contributed by atoms with Crippen LogP contribution >= 0.6 is 0 Å². The SMILES string of the molecule is CCC(Oc1ccc(OC)cc1)C(=O)NCCCN1CCCc2ccccc21. The third-order valence-corrected chi connectivity index (χ3v) is 5.11. The summed E-state index contributed by atoms with van der Waals surface area (Å²) in [6.07, 6.45) is 3.40. The zero-order chi connectivity index (χ0) is 19.8. The summed E-state index contributed by atoms with van der Waals surface area (Å²) in [5.41, 5.74) is 2.77. The van der Waals surface area contributed by atoms with Crippen LogP contribution in [0.5, 0.6) is 11.5 Å². The van der Waals surface area contributed by atoms with Crippen LogP contribution in [0.2, 0.25) is 0 Å². The van der Waals surface area contributed by atoms with Gasteiger partial charge in [0, 0.05) is 25.3 Å². The van der Waals surface area contributed by atoms with Gasteiger partial charge >= 0.3 is 0 Å². The lowest BCUT2D eigenvalue weighted by molar-refractivity contribution is -0.128. The topological polar surface area (TPSA) is 50.8 Å². The second kappa shape index (κ2) is 10.0. The van der Waals surface area contributed by atoms with Crippen LogP contribution in [0.3, 0.4) is 0 Å². The molecule has 150 valence electrons. The van der Waals surface area contributed by atoms with Gasteiger partial charge in [-0.3, -0.25) is 4.79 Å². The molecule has 0 saturated carbocycles. The van der Waals surface area contributed by atoms with Gasteiger partial charge < -0.3 is 19.7 Å². The van der Waals surface area contributed by atoms with Gasteiger partial charge in [-0.2, -0.15) is 0 Å². The van der Waals surface area contributed by atoms with Gasteiger partial charge in [0.25, 0.3) is 5.91 Å². The number of ether oxygens (including phenoxy) is 2. The molecule has 28 heavy (non-hydrogen) atoms. The molecule has 1 N–H and O–H groups in total. The largest absolute Gasteiger partial charge is 0.497 e. The van der Waals surface area contributed by atoms with Crippen molar-refractivity contribution in [1.29, 1.82) is 0 Å². The lowest BCUT2D eigenvalue weighted by Gasteiger charge is -2.31. The van der Waals surface area contributed by atoms with Crippen LogP contribution in [0.15, 0.2) is 48.5 Å². The van der Waals surface area contributed by atoms with Crippen molar-refractivity contribution in [2.75, 3.05) is 31.6 Å². The smallest absolute Gasteiger partial charge is 0.261 e. The highest BCUT2D eigenvalue weighted by molar-refractivity contribution is 5.81. The van der Waals surface area contributed by atoms with Crippen LogP contribution in [0, 0.1) is 0 Å². The first-order valence-corrected chi connectivity index (χ1v) is 10.1. The zero-order valence-corrected chi connectivity index (χ0v) is 16.8. The van der Waals surface area contributed by atoms with E-state index in [9.17, 15) is 4.79 Å². The number of hydrogen-bond donors (Lipinski definition) is 1. The van der Waals surface area contributed by atoms with Crippen LogP contribution in [0.25, 0.3) is 0 Å². The summed E-state index contributed by atoms with van der Waals surface area (Å²) in [6, 6.07) is 15.9. The molecule has 1 amide bonds. The number of nitrogens with one attached hydrogen (secondary N) is 1. The molecule has 0 saturated heterocycles. The van der Waals surface area contributed by atoms with Crippen LogP contribution < -0.4 is 19.7 Å². The van der Waals surface area contributed by atoms with Gasteiger partial charge in [-0.25, -0.2) is 0 Å². The van der Waals surface area contributed by atoms with Gasteiger partial charge in [-0.1, -0.05) is 25.1 Å².